The van der Waals surface area contributed by atoms with Crippen LogP contribution in [0.25, 0.3) is 0 Å². The van der Waals surface area contributed by atoms with Crippen molar-refractivity contribution in [3.63, 3.8) is 0 Å². The van der Waals surface area contributed by atoms with Crippen LogP contribution in [0.2, 0.25) is 0 Å². The Labute approximate surface area is 191 Å². The van der Waals surface area contributed by atoms with Gasteiger partial charge >= 0.3 is 0 Å². The molecule has 12 nitrogen and oxygen atoms in total. The molecule has 4 atom stereocenters. The summed E-state index contributed by atoms with van der Waals surface area (Å²) >= 11 is 0. The van der Waals surface area contributed by atoms with Crippen molar-refractivity contribution in [2.75, 3.05) is 4.90 Å². The van der Waals surface area contributed by atoms with Gasteiger partial charge in [-0.3, -0.25) is 39.6 Å². The minimum atomic E-state index is -1.15. The fourth-order valence-electron chi connectivity index (χ4n) is 4.76. The number of nitrogens with zero attached hydrogens (tertiary/aromatic N) is 5. The van der Waals surface area contributed by atoms with E-state index in [0.29, 0.717) is 0 Å². The molecule has 0 radical (unpaired) electrons. The normalized spacial score (nSPS) is 24.8. The molecule has 0 aromatic heterocycles. The molecule has 5 rings (SSSR count). The van der Waals surface area contributed by atoms with E-state index in [1.54, 1.807) is 12.2 Å². The summed E-state index contributed by atoms with van der Waals surface area (Å²) in [5.74, 6) is -3.75. The number of hydrogen-bond acceptors (Lipinski definition) is 9. The number of fused-ring (bicyclic) bond motifs is 3. The van der Waals surface area contributed by atoms with Crippen molar-refractivity contribution in [1.29, 1.82) is 0 Å². The molecular weight excluding hydrogens is 446 g/mol. The van der Waals surface area contributed by atoms with Crippen molar-refractivity contribution in [2.24, 2.45) is 16.9 Å². The van der Waals surface area contributed by atoms with Crippen LogP contribution >= 0.6 is 0 Å². The van der Waals surface area contributed by atoms with Gasteiger partial charge < -0.3 is 0 Å². The Kier molecular flexibility index (Phi) is 4.78. The molecule has 2 aromatic rings. The predicted molar refractivity (Wildman–Crippen MR) is 117 cm³/mol. The molecule has 0 saturated carbocycles. The van der Waals surface area contributed by atoms with Crippen LogP contribution in [-0.4, -0.2) is 50.8 Å². The number of carbonyl (C=O) groups excluding carboxylic acids is 3. The predicted octanol–water partition coefficient (Wildman–Crippen LogP) is 2.10. The number of anilines is 1. The van der Waals surface area contributed by atoms with Gasteiger partial charge in [-0.1, -0.05) is 18.2 Å². The van der Waals surface area contributed by atoms with Crippen LogP contribution in [0.1, 0.15) is 10.4 Å². The Morgan fingerprint density at radius 3 is 2.26 bits per heavy atom. The Morgan fingerprint density at radius 1 is 0.912 bits per heavy atom. The fraction of sp³-hybridized carbons (Fsp3) is 0.182. The number of benzene rings is 2. The van der Waals surface area contributed by atoms with E-state index in [1.165, 1.54) is 53.7 Å². The first kappa shape index (κ1) is 21.1. The van der Waals surface area contributed by atoms with Crippen LogP contribution in [0.3, 0.4) is 0 Å². The molecule has 170 valence electrons. The van der Waals surface area contributed by atoms with Crippen LogP contribution in [0.4, 0.5) is 17.1 Å². The summed E-state index contributed by atoms with van der Waals surface area (Å²) in [5.41, 5.74) is -0.290. The quantitative estimate of drug-likeness (QED) is 0.284. The largest absolute Gasteiger partial charge is 0.292 e. The average Bonchev–Trinajstić information content (AvgIpc) is 3.31. The molecule has 0 spiro atoms. The lowest BCUT2D eigenvalue weighted by atomic mass is 9.86. The monoisotopic (exact) mass is 461 g/mol. The lowest BCUT2D eigenvalue weighted by Crippen LogP contribution is -2.46. The first-order chi connectivity index (χ1) is 16.3. The summed E-state index contributed by atoms with van der Waals surface area (Å²) in [6, 6.07) is 8.33. The standard InChI is InChI=1S/C22H15N5O7/c28-20(12-3-1-4-15(11-12)27(33)34)19-18-17(16-5-2-10-23-25(16)19)21(29)24(22(18)30)13-6-8-14(9-7-13)26(31)32/h1-11,16-19H/t16-,17-,18+,19+/m1/s1. The lowest BCUT2D eigenvalue weighted by molar-refractivity contribution is -0.385. The first-order valence-electron chi connectivity index (χ1n) is 10.2. The second kappa shape index (κ2) is 7.69. The van der Waals surface area contributed by atoms with Gasteiger partial charge in [-0.25, -0.2) is 4.90 Å². The summed E-state index contributed by atoms with van der Waals surface area (Å²) in [6.07, 6.45) is 4.73. The Morgan fingerprint density at radius 2 is 1.59 bits per heavy atom. The van der Waals surface area contributed by atoms with Gasteiger partial charge in [0.2, 0.25) is 11.8 Å². The Bertz CT molecular complexity index is 1320. The van der Waals surface area contributed by atoms with Crippen molar-refractivity contribution in [1.82, 2.24) is 5.01 Å². The summed E-state index contributed by atoms with van der Waals surface area (Å²) in [5, 5.41) is 27.8. The maximum atomic E-state index is 13.5. The molecule has 12 heteroatoms. The van der Waals surface area contributed by atoms with Gasteiger partial charge in [0, 0.05) is 36.0 Å². The molecule has 3 aliphatic heterocycles. The Balaban J connectivity index is 1.55. The lowest BCUT2D eigenvalue weighted by Gasteiger charge is -2.30. The number of nitro groups is 2. The zero-order chi connectivity index (χ0) is 24.1. The number of hydrogen-bond donors (Lipinski definition) is 0. The van der Waals surface area contributed by atoms with Crippen LogP contribution in [0, 0.1) is 32.1 Å². The molecule has 34 heavy (non-hydrogen) atoms. The number of nitro benzene ring substituents is 2. The molecule has 2 fully saturated rings. The smallest absolute Gasteiger partial charge is 0.270 e. The van der Waals surface area contributed by atoms with E-state index in [4.69, 9.17) is 0 Å². The molecule has 3 heterocycles. The highest BCUT2D eigenvalue weighted by molar-refractivity contribution is 6.24. The molecule has 2 saturated heterocycles. The fourth-order valence-corrected chi connectivity index (χ4v) is 4.76. The second-order valence-corrected chi connectivity index (χ2v) is 7.97. The molecule has 0 aliphatic carbocycles. The Hall–Kier alpha value is -4.74. The number of imide groups is 1. The maximum Gasteiger partial charge on any atom is 0.270 e. The topological polar surface area (TPSA) is 156 Å². The second-order valence-electron chi connectivity index (χ2n) is 7.97. The summed E-state index contributed by atoms with van der Waals surface area (Å²) in [4.78, 5) is 62.2. The van der Waals surface area contributed by atoms with Crippen LogP contribution < -0.4 is 4.90 Å². The van der Waals surface area contributed by atoms with E-state index >= 15 is 0 Å². The minimum Gasteiger partial charge on any atom is -0.292 e. The number of Topliss-reactive ketones (excluding diaryl/α,β-unsaturated/α-hetero) is 1. The number of allylic oxidation sites excluding steroid dienone is 1. The minimum absolute atomic E-state index is 0.0254. The van der Waals surface area contributed by atoms with Crippen molar-refractivity contribution < 1.29 is 24.2 Å². The van der Waals surface area contributed by atoms with E-state index in [1.807, 2.05) is 0 Å². The van der Waals surface area contributed by atoms with E-state index in [0.717, 1.165) is 11.0 Å². The third kappa shape index (κ3) is 3.07. The van der Waals surface area contributed by atoms with Crippen molar-refractivity contribution in [3.8, 4) is 0 Å². The summed E-state index contributed by atoms with van der Waals surface area (Å²) in [7, 11) is 0. The number of hydrazone groups is 1. The first-order valence-corrected chi connectivity index (χ1v) is 10.2. The third-order valence-corrected chi connectivity index (χ3v) is 6.22. The molecular formula is C22H15N5O7. The van der Waals surface area contributed by atoms with Gasteiger partial charge in [0.1, 0.15) is 6.04 Å². The van der Waals surface area contributed by atoms with Crippen LogP contribution in [0.15, 0.2) is 65.8 Å². The highest BCUT2D eigenvalue weighted by Gasteiger charge is 2.64. The number of rotatable bonds is 5. The van der Waals surface area contributed by atoms with Gasteiger partial charge in [0.05, 0.1) is 33.4 Å². The maximum absolute atomic E-state index is 13.5. The van der Waals surface area contributed by atoms with E-state index in [-0.39, 0.29) is 22.6 Å². The number of carbonyl (C=O) groups is 3. The van der Waals surface area contributed by atoms with Crippen molar-refractivity contribution >= 4 is 40.9 Å². The van der Waals surface area contributed by atoms with Crippen molar-refractivity contribution in [2.45, 2.75) is 12.1 Å². The van der Waals surface area contributed by atoms with Gasteiger partial charge in [-0.2, -0.15) is 5.10 Å². The summed E-state index contributed by atoms with van der Waals surface area (Å²) in [6.45, 7) is 0. The molecule has 0 unspecified atom stereocenters. The molecule has 0 bridgehead atoms. The number of non-ortho nitro benzene ring substituents is 2. The molecule has 2 aromatic carbocycles. The zero-order valence-corrected chi connectivity index (χ0v) is 17.3. The SMILES string of the molecule is O=C(c1cccc([N+](=O)[O-])c1)[C@@H]1[C@H]2C(=O)N(c3ccc([N+](=O)[O-])cc3)C(=O)[C@@H]2[C@H]2C=CC=NN21. The van der Waals surface area contributed by atoms with Gasteiger partial charge in [-0.15, -0.1) is 0 Å². The molecule has 0 N–H and O–H groups in total. The molecule has 3 aliphatic rings. The van der Waals surface area contributed by atoms with Gasteiger partial charge in [0.15, 0.2) is 5.78 Å². The van der Waals surface area contributed by atoms with Crippen LogP contribution in [-0.2, 0) is 9.59 Å². The van der Waals surface area contributed by atoms with E-state index in [9.17, 15) is 34.6 Å². The average molecular weight is 461 g/mol. The third-order valence-electron chi connectivity index (χ3n) is 6.22. The summed E-state index contributed by atoms with van der Waals surface area (Å²) < 4.78 is 0. The van der Waals surface area contributed by atoms with Gasteiger partial charge in [0.25, 0.3) is 11.4 Å². The zero-order valence-electron chi connectivity index (χ0n) is 17.3. The highest BCUT2D eigenvalue weighted by atomic mass is 16.6. The van der Waals surface area contributed by atoms with E-state index in [2.05, 4.69) is 5.10 Å². The highest BCUT2D eigenvalue weighted by Crippen LogP contribution is 2.46. The van der Waals surface area contributed by atoms with Gasteiger partial charge in [-0.05, 0) is 18.2 Å². The molecule has 2 amide bonds. The van der Waals surface area contributed by atoms with Crippen molar-refractivity contribution in [3.05, 3.63) is 86.5 Å². The number of amides is 2. The van der Waals surface area contributed by atoms with E-state index < -0.39 is 51.4 Å². The van der Waals surface area contributed by atoms with Crippen LogP contribution in [0.5, 0.6) is 0 Å². The number of ketones is 1.